The van der Waals surface area contributed by atoms with Crippen LogP contribution < -0.4 is 10.0 Å². The van der Waals surface area contributed by atoms with Gasteiger partial charge in [-0.1, -0.05) is 13.8 Å². The summed E-state index contributed by atoms with van der Waals surface area (Å²) in [6, 6.07) is 4.88. The Morgan fingerprint density at radius 3 is 2.42 bits per heavy atom. The molecule has 1 aromatic rings. The first-order chi connectivity index (χ1) is 8.69. The van der Waals surface area contributed by atoms with Crippen LogP contribution in [0.1, 0.15) is 29.8 Å². The zero-order chi connectivity index (χ0) is 14.6. The Bertz CT molecular complexity index is 565. The lowest BCUT2D eigenvalue weighted by molar-refractivity contribution is 0.0949. The highest BCUT2D eigenvalue weighted by atomic mass is 32.2. The molecule has 1 aromatic carbocycles. The largest absolute Gasteiger partial charge is 0.352 e. The molecule has 19 heavy (non-hydrogen) atoms. The molecule has 0 aliphatic rings. The van der Waals surface area contributed by atoms with Gasteiger partial charge < -0.3 is 5.32 Å². The minimum Gasteiger partial charge on any atom is -0.352 e. The van der Waals surface area contributed by atoms with Crippen molar-refractivity contribution < 1.29 is 13.2 Å². The van der Waals surface area contributed by atoms with E-state index in [9.17, 15) is 13.2 Å². The predicted octanol–water partition coefficient (Wildman–Crippen LogP) is 1.75. The molecule has 0 aromatic heterocycles. The molecule has 0 atom stereocenters. The maximum Gasteiger partial charge on any atom is 0.251 e. The molecule has 0 unspecified atom stereocenters. The number of carbonyl (C=O) groups excluding carboxylic acids is 1. The van der Waals surface area contributed by atoms with Gasteiger partial charge in [-0.2, -0.15) is 0 Å². The summed E-state index contributed by atoms with van der Waals surface area (Å²) in [5.41, 5.74) is 1.72. The van der Waals surface area contributed by atoms with E-state index in [2.05, 4.69) is 10.0 Å². The summed E-state index contributed by atoms with van der Waals surface area (Å²) in [6.07, 6.45) is 1.09. The van der Waals surface area contributed by atoms with Crippen LogP contribution in [0.4, 0.5) is 5.69 Å². The van der Waals surface area contributed by atoms with E-state index < -0.39 is 10.0 Å². The SMILES string of the molecule is Cc1cc(C(=O)NCC(C)C)ccc1NS(C)(=O)=O. The first kappa shape index (κ1) is 15.5. The van der Waals surface area contributed by atoms with Crippen LogP contribution in [0.15, 0.2) is 18.2 Å². The highest BCUT2D eigenvalue weighted by molar-refractivity contribution is 7.92. The summed E-state index contributed by atoms with van der Waals surface area (Å²) >= 11 is 0. The molecule has 1 rings (SSSR count). The van der Waals surface area contributed by atoms with E-state index in [4.69, 9.17) is 0 Å². The zero-order valence-corrected chi connectivity index (χ0v) is 12.5. The van der Waals surface area contributed by atoms with Crippen molar-refractivity contribution in [2.24, 2.45) is 5.92 Å². The van der Waals surface area contributed by atoms with Crippen LogP contribution >= 0.6 is 0 Å². The second kappa shape index (κ2) is 6.06. The van der Waals surface area contributed by atoms with Crippen LogP contribution in [-0.2, 0) is 10.0 Å². The molecular formula is C13H20N2O3S. The molecule has 6 heteroatoms. The molecule has 0 heterocycles. The van der Waals surface area contributed by atoms with E-state index in [1.807, 2.05) is 13.8 Å². The predicted molar refractivity (Wildman–Crippen MR) is 76.8 cm³/mol. The molecular weight excluding hydrogens is 264 g/mol. The van der Waals surface area contributed by atoms with Crippen molar-refractivity contribution >= 4 is 21.6 Å². The quantitative estimate of drug-likeness (QED) is 0.865. The van der Waals surface area contributed by atoms with Crippen molar-refractivity contribution in [3.63, 3.8) is 0 Å². The summed E-state index contributed by atoms with van der Waals surface area (Å²) in [5, 5.41) is 2.82. The molecule has 106 valence electrons. The van der Waals surface area contributed by atoms with E-state index in [0.717, 1.165) is 6.26 Å². The Kier molecular flexibility index (Phi) is 4.94. The zero-order valence-electron chi connectivity index (χ0n) is 11.6. The number of amides is 1. The molecule has 0 saturated heterocycles. The molecule has 2 N–H and O–H groups in total. The van der Waals surface area contributed by atoms with Gasteiger partial charge in [0.1, 0.15) is 0 Å². The van der Waals surface area contributed by atoms with Crippen LogP contribution in [-0.4, -0.2) is 27.1 Å². The molecule has 0 aliphatic heterocycles. The van der Waals surface area contributed by atoms with Crippen molar-refractivity contribution in [1.29, 1.82) is 0 Å². The second-order valence-corrected chi connectivity index (χ2v) is 6.76. The Hall–Kier alpha value is -1.56. The topological polar surface area (TPSA) is 75.3 Å². The molecule has 0 radical (unpaired) electrons. The average Bonchev–Trinajstić information content (AvgIpc) is 2.27. The minimum atomic E-state index is -3.30. The number of anilines is 1. The highest BCUT2D eigenvalue weighted by Gasteiger charge is 2.10. The third-order valence-corrected chi connectivity index (χ3v) is 3.05. The third-order valence-electron chi connectivity index (χ3n) is 2.45. The lowest BCUT2D eigenvalue weighted by atomic mass is 10.1. The molecule has 0 aliphatic carbocycles. The fourth-order valence-electron chi connectivity index (χ4n) is 1.52. The fraction of sp³-hybridized carbons (Fsp3) is 0.462. The van der Waals surface area contributed by atoms with Gasteiger partial charge >= 0.3 is 0 Å². The number of sulfonamides is 1. The van der Waals surface area contributed by atoms with Gasteiger partial charge in [0.25, 0.3) is 5.91 Å². The number of carbonyl (C=O) groups is 1. The number of rotatable bonds is 5. The molecule has 0 spiro atoms. The van der Waals surface area contributed by atoms with Crippen molar-refractivity contribution in [3.05, 3.63) is 29.3 Å². The van der Waals surface area contributed by atoms with Gasteiger partial charge in [0.05, 0.1) is 11.9 Å². The number of benzene rings is 1. The van der Waals surface area contributed by atoms with E-state index in [1.165, 1.54) is 0 Å². The Morgan fingerprint density at radius 2 is 1.95 bits per heavy atom. The van der Waals surface area contributed by atoms with Crippen LogP contribution in [0, 0.1) is 12.8 Å². The molecule has 5 nitrogen and oxygen atoms in total. The normalized spacial score (nSPS) is 11.4. The highest BCUT2D eigenvalue weighted by Crippen LogP contribution is 2.17. The standard InChI is InChI=1S/C13H20N2O3S/c1-9(2)8-14-13(16)11-5-6-12(10(3)7-11)15-19(4,17)18/h5-7,9,15H,8H2,1-4H3,(H,14,16). The number of aryl methyl sites for hydroxylation is 1. The van der Waals surface area contributed by atoms with Gasteiger partial charge in [-0.15, -0.1) is 0 Å². The number of nitrogens with one attached hydrogen (secondary N) is 2. The molecule has 0 saturated carbocycles. The maximum atomic E-state index is 11.8. The van der Waals surface area contributed by atoms with Crippen LogP contribution in [0.3, 0.4) is 0 Å². The van der Waals surface area contributed by atoms with E-state index in [0.29, 0.717) is 29.3 Å². The minimum absolute atomic E-state index is 0.150. The maximum absolute atomic E-state index is 11.8. The van der Waals surface area contributed by atoms with Gasteiger partial charge in [-0.05, 0) is 36.6 Å². The van der Waals surface area contributed by atoms with Gasteiger partial charge in [0.15, 0.2) is 0 Å². The summed E-state index contributed by atoms with van der Waals surface area (Å²) in [7, 11) is -3.30. The molecule has 1 amide bonds. The van der Waals surface area contributed by atoms with Gasteiger partial charge in [0, 0.05) is 12.1 Å². The molecule has 0 fully saturated rings. The summed E-state index contributed by atoms with van der Waals surface area (Å²) in [6.45, 7) is 6.41. The summed E-state index contributed by atoms with van der Waals surface area (Å²) in [4.78, 5) is 11.8. The van der Waals surface area contributed by atoms with Crippen molar-refractivity contribution in [2.75, 3.05) is 17.5 Å². The summed E-state index contributed by atoms with van der Waals surface area (Å²) in [5.74, 6) is 0.235. The van der Waals surface area contributed by atoms with Crippen molar-refractivity contribution in [1.82, 2.24) is 5.32 Å². The van der Waals surface area contributed by atoms with Gasteiger partial charge in [-0.3, -0.25) is 9.52 Å². The Labute approximate surface area is 114 Å². The van der Waals surface area contributed by atoms with Crippen LogP contribution in [0.5, 0.6) is 0 Å². The van der Waals surface area contributed by atoms with Crippen molar-refractivity contribution in [3.8, 4) is 0 Å². The first-order valence-corrected chi connectivity index (χ1v) is 7.95. The van der Waals surface area contributed by atoms with E-state index in [-0.39, 0.29) is 5.91 Å². The monoisotopic (exact) mass is 284 g/mol. The van der Waals surface area contributed by atoms with Crippen LogP contribution in [0.2, 0.25) is 0 Å². The van der Waals surface area contributed by atoms with E-state index >= 15 is 0 Å². The number of hydrogen-bond donors (Lipinski definition) is 2. The van der Waals surface area contributed by atoms with Crippen molar-refractivity contribution in [2.45, 2.75) is 20.8 Å². The first-order valence-electron chi connectivity index (χ1n) is 6.05. The fourth-order valence-corrected chi connectivity index (χ4v) is 2.15. The average molecular weight is 284 g/mol. The molecule has 0 bridgehead atoms. The van der Waals surface area contributed by atoms with Crippen LogP contribution in [0.25, 0.3) is 0 Å². The van der Waals surface area contributed by atoms with E-state index in [1.54, 1.807) is 25.1 Å². The van der Waals surface area contributed by atoms with Gasteiger partial charge in [0.2, 0.25) is 10.0 Å². The summed E-state index contributed by atoms with van der Waals surface area (Å²) < 4.78 is 24.7. The third kappa shape index (κ3) is 5.30. The smallest absolute Gasteiger partial charge is 0.251 e. The number of hydrogen-bond acceptors (Lipinski definition) is 3. The Morgan fingerprint density at radius 1 is 1.32 bits per heavy atom. The van der Waals surface area contributed by atoms with Gasteiger partial charge in [-0.25, -0.2) is 8.42 Å². The lowest BCUT2D eigenvalue weighted by Crippen LogP contribution is -2.27. The Balaban J connectivity index is 2.85. The second-order valence-electron chi connectivity index (χ2n) is 5.01. The lowest BCUT2D eigenvalue weighted by Gasteiger charge is -2.11.